The summed E-state index contributed by atoms with van der Waals surface area (Å²) in [5.74, 6) is -0.209. The maximum Gasteiger partial charge on any atom is 0.337 e. The molecule has 3 nitrogen and oxygen atoms in total. The van der Waals surface area contributed by atoms with Crippen molar-refractivity contribution in [3.05, 3.63) is 53.1 Å². The minimum Gasteiger partial charge on any atom is -0.490 e. The van der Waals surface area contributed by atoms with Crippen molar-refractivity contribution < 1.29 is 14.6 Å². The molecule has 4 heteroatoms. The Kier molecular flexibility index (Phi) is 3.36. The topological polar surface area (TPSA) is 46.5 Å². The van der Waals surface area contributed by atoms with Crippen LogP contribution in [0.15, 0.2) is 42.5 Å². The Labute approximate surface area is 121 Å². The third-order valence-corrected chi connectivity index (χ3v) is 3.52. The lowest BCUT2D eigenvalue weighted by Gasteiger charge is -2.08. The summed E-state index contributed by atoms with van der Waals surface area (Å²) in [6.45, 7) is 0. The minimum atomic E-state index is -1.03. The van der Waals surface area contributed by atoms with Crippen LogP contribution in [0.3, 0.4) is 0 Å². The predicted molar refractivity (Wildman–Crippen MR) is 77.5 cm³/mol. The molecule has 1 N–H and O–H groups in total. The van der Waals surface area contributed by atoms with Crippen molar-refractivity contribution in [2.24, 2.45) is 0 Å². The van der Waals surface area contributed by atoms with Gasteiger partial charge in [0.25, 0.3) is 0 Å². The molecule has 2 aromatic carbocycles. The van der Waals surface area contributed by atoms with Gasteiger partial charge in [-0.1, -0.05) is 29.8 Å². The van der Waals surface area contributed by atoms with Gasteiger partial charge >= 0.3 is 5.97 Å². The summed E-state index contributed by atoms with van der Waals surface area (Å²) in [7, 11) is 0. The van der Waals surface area contributed by atoms with Crippen molar-refractivity contribution >= 4 is 17.6 Å². The van der Waals surface area contributed by atoms with Crippen molar-refractivity contribution in [3.8, 4) is 16.9 Å². The van der Waals surface area contributed by atoms with Gasteiger partial charge in [-0.2, -0.15) is 0 Å². The summed E-state index contributed by atoms with van der Waals surface area (Å²) < 4.78 is 5.75. The van der Waals surface area contributed by atoms with Crippen LogP contribution >= 0.6 is 11.6 Å². The first kappa shape index (κ1) is 13.0. The minimum absolute atomic E-state index is 0.109. The van der Waals surface area contributed by atoms with Crippen LogP contribution in [0.5, 0.6) is 5.75 Å². The zero-order valence-electron chi connectivity index (χ0n) is 10.7. The molecule has 20 heavy (non-hydrogen) atoms. The number of hydrogen-bond acceptors (Lipinski definition) is 2. The number of ether oxygens (including phenoxy) is 1. The average Bonchev–Trinajstić information content (AvgIpc) is 3.23. The molecule has 0 saturated heterocycles. The number of hydrogen-bond donors (Lipinski definition) is 1. The number of aromatic carboxylic acids is 1. The molecule has 0 radical (unpaired) electrons. The summed E-state index contributed by atoms with van der Waals surface area (Å²) in [5, 5.41) is 9.35. The molecule has 0 atom stereocenters. The monoisotopic (exact) mass is 288 g/mol. The van der Waals surface area contributed by atoms with Crippen molar-refractivity contribution in [2.75, 3.05) is 0 Å². The fourth-order valence-corrected chi connectivity index (χ4v) is 2.19. The molecular weight excluding hydrogens is 276 g/mol. The van der Waals surface area contributed by atoms with E-state index in [1.807, 2.05) is 30.3 Å². The maximum atomic E-state index is 11.1. The van der Waals surface area contributed by atoms with E-state index in [-0.39, 0.29) is 10.6 Å². The van der Waals surface area contributed by atoms with Gasteiger partial charge in [-0.15, -0.1) is 0 Å². The first-order valence-corrected chi connectivity index (χ1v) is 6.81. The lowest BCUT2D eigenvalue weighted by Crippen LogP contribution is -1.98. The molecule has 1 aliphatic carbocycles. The second kappa shape index (κ2) is 5.17. The SMILES string of the molecule is O=C(O)c1cc(-c2cccc(OC3CC3)c2)ccc1Cl. The van der Waals surface area contributed by atoms with Crippen molar-refractivity contribution in [1.29, 1.82) is 0 Å². The standard InChI is InChI=1S/C16H13ClO3/c17-15-7-4-11(9-14(15)16(18)19)10-2-1-3-13(8-10)20-12-5-6-12/h1-4,7-9,12H,5-6H2,(H,18,19). The van der Waals surface area contributed by atoms with Gasteiger partial charge in [-0.25, -0.2) is 4.79 Å². The number of rotatable bonds is 4. The molecule has 0 unspecified atom stereocenters. The molecule has 2 aromatic rings. The number of carboxylic acids is 1. The molecule has 1 aliphatic rings. The molecule has 3 rings (SSSR count). The van der Waals surface area contributed by atoms with Gasteiger partial charge in [0.05, 0.1) is 16.7 Å². The van der Waals surface area contributed by atoms with Crippen molar-refractivity contribution in [2.45, 2.75) is 18.9 Å². The summed E-state index contributed by atoms with van der Waals surface area (Å²) >= 11 is 5.88. The van der Waals surface area contributed by atoms with Crippen molar-refractivity contribution in [1.82, 2.24) is 0 Å². The summed E-state index contributed by atoms with van der Waals surface area (Å²) in [5.41, 5.74) is 1.84. The highest BCUT2D eigenvalue weighted by Crippen LogP contribution is 2.31. The first-order valence-electron chi connectivity index (χ1n) is 6.43. The highest BCUT2D eigenvalue weighted by molar-refractivity contribution is 6.33. The molecule has 1 saturated carbocycles. The van der Waals surface area contributed by atoms with Crippen LogP contribution in [-0.4, -0.2) is 17.2 Å². The second-order valence-corrected chi connectivity index (χ2v) is 5.25. The first-order chi connectivity index (χ1) is 9.63. The van der Waals surface area contributed by atoms with Gasteiger partial charge in [-0.3, -0.25) is 0 Å². The van der Waals surface area contributed by atoms with Crippen molar-refractivity contribution in [3.63, 3.8) is 0 Å². The highest BCUT2D eigenvalue weighted by Gasteiger charge is 2.23. The zero-order chi connectivity index (χ0) is 14.1. The van der Waals surface area contributed by atoms with Crippen LogP contribution in [0.25, 0.3) is 11.1 Å². The molecule has 0 bridgehead atoms. The van der Waals surface area contributed by atoms with Crippen LogP contribution in [0.4, 0.5) is 0 Å². The Morgan fingerprint density at radius 1 is 1.15 bits per heavy atom. The van der Waals surface area contributed by atoms with Gasteiger partial charge in [0, 0.05) is 0 Å². The zero-order valence-corrected chi connectivity index (χ0v) is 11.4. The highest BCUT2D eigenvalue weighted by atomic mass is 35.5. The molecule has 102 valence electrons. The van der Waals surface area contributed by atoms with E-state index in [1.54, 1.807) is 12.1 Å². The molecule has 0 amide bonds. The van der Waals surface area contributed by atoms with E-state index in [9.17, 15) is 4.79 Å². The molecule has 1 fully saturated rings. The van der Waals surface area contributed by atoms with Crippen LogP contribution in [0.2, 0.25) is 5.02 Å². The second-order valence-electron chi connectivity index (χ2n) is 4.84. The maximum absolute atomic E-state index is 11.1. The lowest BCUT2D eigenvalue weighted by molar-refractivity contribution is 0.0697. The Bertz CT molecular complexity index is 663. The van der Waals surface area contributed by atoms with E-state index in [0.717, 1.165) is 29.7 Å². The summed E-state index contributed by atoms with van der Waals surface area (Å²) in [6.07, 6.45) is 2.55. The summed E-state index contributed by atoms with van der Waals surface area (Å²) in [4.78, 5) is 11.1. The third kappa shape index (κ3) is 2.78. The van der Waals surface area contributed by atoms with Crippen LogP contribution < -0.4 is 4.74 Å². The van der Waals surface area contributed by atoms with Gasteiger partial charge in [0.2, 0.25) is 0 Å². The van der Waals surface area contributed by atoms with Crippen LogP contribution in [-0.2, 0) is 0 Å². The third-order valence-electron chi connectivity index (χ3n) is 3.19. The van der Waals surface area contributed by atoms with Gasteiger partial charge in [0.15, 0.2) is 0 Å². The fourth-order valence-electron chi connectivity index (χ4n) is 2.00. The number of carbonyl (C=O) groups is 1. The van der Waals surface area contributed by atoms with Gasteiger partial charge < -0.3 is 9.84 Å². The lowest BCUT2D eigenvalue weighted by atomic mass is 10.0. The van der Waals surface area contributed by atoms with Gasteiger partial charge in [0.1, 0.15) is 5.75 Å². The Balaban J connectivity index is 1.95. The normalized spacial score (nSPS) is 14.1. The van der Waals surface area contributed by atoms with E-state index < -0.39 is 5.97 Å². The molecule has 0 heterocycles. The van der Waals surface area contributed by atoms with E-state index in [2.05, 4.69) is 0 Å². The molecular formula is C16H13ClO3. The van der Waals surface area contributed by atoms with Gasteiger partial charge in [-0.05, 0) is 48.2 Å². The summed E-state index contributed by atoms with van der Waals surface area (Å²) in [6, 6.07) is 12.7. The fraction of sp³-hybridized carbons (Fsp3) is 0.188. The number of halogens is 1. The number of benzene rings is 2. The molecule has 0 aromatic heterocycles. The average molecular weight is 289 g/mol. The Morgan fingerprint density at radius 3 is 2.60 bits per heavy atom. The van der Waals surface area contributed by atoms with E-state index >= 15 is 0 Å². The van der Waals surface area contributed by atoms with Crippen LogP contribution in [0.1, 0.15) is 23.2 Å². The smallest absolute Gasteiger partial charge is 0.337 e. The van der Waals surface area contributed by atoms with E-state index in [1.165, 1.54) is 0 Å². The molecule has 0 spiro atoms. The van der Waals surface area contributed by atoms with Crippen LogP contribution in [0, 0.1) is 0 Å². The number of carboxylic acid groups (broad SMARTS) is 1. The quantitative estimate of drug-likeness (QED) is 0.915. The Morgan fingerprint density at radius 2 is 1.90 bits per heavy atom. The van der Waals surface area contributed by atoms with E-state index in [0.29, 0.717) is 6.10 Å². The Hall–Kier alpha value is -2.00. The molecule has 0 aliphatic heterocycles. The predicted octanol–water partition coefficient (Wildman–Crippen LogP) is 4.25. The van der Waals surface area contributed by atoms with E-state index in [4.69, 9.17) is 21.4 Å². The largest absolute Gasteiger partial charge is 0.490 e.